The number of nitrogens with two attached hydrogens (primary N) is 2. The van der Waals surface area contributed by atoms with Gasteiger partial charge < -0.3 is 22.1 Å². The molecule has 2 aliphatic rings. The summed E-state index contributed by atoms with van der Waals surface area (Å²) in [6.07, 6.45) is 8.50. The minimum atomic E-state index is -0.0459. The third kappa shape index (κ3) is 9.09. The predicted molar refractivity (Wildman–Crippen MR) is 276 cm³/mol. The molecule has 8 heterocycles. The van der Waals surface area contributed by atoms with Crippen molar-refractivity contribution in [2.75, 3.05) is 62.4 Å². The number of nitrogens with one attached hydrogen (secondary N) is 2. The van der Waals surface area contributed by atoms with Gasteiger partial charge in [0, 0.05) is 88.0 Å². The van der Waals surface area contributed by atoms with Crippen LogP contribution in [0.15, 0.2) is 85.7 Å². The summed E-state index contributed by atoms with van der Waals surface area (Å²) in [6.45, 7) is 13.1. The molecule has 0 bridgehead atoms. The lowest BCUT2D eigenvalue weighted by Crippen LogP contribution is -2.82. The van der Waals surface area contributed by atoms with Crippen LogP contribution in [0.5, 0.6) is 0 Å². The van der Waals surface area contributed by atoms with E-state index in [1.165, 1.54) is 12.7 Å². The van der Waals surface area contributed by atoms with Crippen LogP contribution in [0.2, 0.25) is 0 Å². The van der Waals surface area contributed by atoms with Crippen molar-refractivity contribution in [3.63, 3.8) is 0 Å². The molecule has 0 spiro atoms. The molecule has 0 radical (unpaired) electrons. The zero-order valence-electron chi connectivity index (χ0n) is 41.8. The van der Waals surface area contributed by atoms with Crippen LogP contribution in [0, 0.1) is 27.7 Å². The SMILES string of the molecule is Cc1cc(N)nc(C)c1CNc1ncnc2nn(Cc3ccc(C[N+]4([N+]5(Cc6ccc(Cn7cc8c(NCc9c(C)cc(N)nc9C)ncnc8n7)cc6)CCCN(C)C5=O)CCCN(C)C4=O)cc3)cc12. The van der Waals surface area contributed by atoms with Gasteiger partial charge in [0.1, 0.15) is 49.0 Å². The van der Waals surface area contributed by atoms with Gasteiger partial charge in [-0.1, -0.05) is 57.7 Å². The second kappa shape index (κ2) is 19.2. The lowest BCUT2D eigenvalue weighted by Gasteiger charge is -2.54. The number of hydrogen-bond acceptors (Lipinski definition) is 14. The van der Waals surface area contributed by atoms with Gasteiger partial charge in [-0.2, -0.15) is 10.2 Å². The van der Waals surface area contributed by atoms with E-state index in [4.69, 9.17) is 21.7 Å². The van der Waals surface area contributed by atoms with Crippen molar-refractivity contribution < 1.29 is 18.8 Å². The standard InChI is InChI=1S/C52H62N18O2/c1-33-21-45(53)61-35(3)41(33)23-55-47-43-27-67(63-49(43)59-31-57-47)25-37-9-13-39(14-10-37)29-69(19-7-17-65(5)51(69)71)70(20-8-18-66(6)52(70)72)30-40-15-11-38(12-16-40)26-68-28-44-48(58-32-60-50(44)64-68)56-24-42-34(2)22-46(54)62-36(42)4/h9-16,21-22,27-28,31-32H,7-8,17-20,23-26,29-30H2,1-6H3,(H2,53,61)(H2,54,62)(H,55,57,59,63)(H,56,58,60,64)/q+2. The van der Waals surface area contributed by atoms with Crippen molar-refractivity contribution in [2.45, 2.75) is 79.8 Å². The van der Waals surface area contributed by atoms with Crippen molar-refractivity contribution in [1.29, 1.82) is 0 Å². The van der Waals surface area contributed by atoms with Crippen LogP contribution in [-0.4, -0.2) is 121 Å². The van der Waals surface area contributed by atoms with Gasteiger partial charge in [0.25, 0.3) is 0 Å². The van der Waals surface area contributed by atoms with Gasteiger partial charge in [-0.05, 0) is 73.2 Å². The van der Waals surface area contributed by atoms with Crippen molar-refractivity contribution in [3.8, 4) is 0 Å². The summed E-state index contributed by atoms with van der Waals surface area (Å²) >= 11 is 0. The van der Waals surface area contributed by atoms with Crippen molar-refractivity contribution in [3.05, 3.63) is 142 Å². The van der Waals surface area contributed by atoms with Crippen LogP contribution in [-0.2, 0) is 39.3 Å². The minimum absolute atomic E-state index is 0.0313. The molecule has 0 aliphatic carbocycles. The van der Waals surface area contributed by atoms with Crippen LogP contribution in [0.25, 0.3) is 22.1 Å². The molecule has 20 heteroatoms. The number of benzene rings is 2. The number of fused-ring (bicyclic) bond motifs is 2. The van der Waals surface area contributed by atoms with E-state index in [0.29, 0.717) is 100 Å². The molecular formula is C52H62N18O2+2. The largest absolute Gasteiger partial charge is 0.467 e. The van der Waals surface area contributed by atoms with Gasteiger partial charge >= 0.3 is 12.1 Å². The molecule has 2 atom stereocenters. The van der Waals surface area contributed by atoms with Crippen molar-refractivity contribution in [2.24, 2.45) is 0 Å². The molecule has 6 aromatic heterocycles. The number of aryl methyl sites for hydroxylation is 4. The van der Waals surface area contributed by atoms with E-state index in [1.807, 2.05) is 85.5 Å². The highest BCUT2D eigenvalue weighted by molar-refractivity contribution is 5.86. The minimum Gasteiger partial charge on any atom is -0.384 e. The summed E-state index contributed by atoms with van der Waals surface area (Å²) in [6, 6.07) is 20.4. The van der Waals surface area contributed by atoms with Crippen molar-refractivity contribution in [1.82, 2.24) is 59.3 Å². The average Bonchev–Trinajstić information content (AvgIpc) is 3.97. The molecule has 72 heavy (non-hydrogen) atoms. The molecular weight excluding hydrogens is 909 g/mol. The first kappa shape index (κ1) is 47.6. The summed E-state index contributed by atoms with van der Waals surface area (Å²) in [7, 11) is 3.72. The second-order valence-corrected chi connectivity index (χ2v) is 19.5. The number of nitrogens with zero attached hydrogens (tertiary/aromatic N) is 14. The van der Waals surface area contributed by atoms with Gasteiger partial charge in [0.05, 0.1) is 23.9 Å². The summed E-state index contributed by atoms with van der Waals surface area (Å²) in [4.78, 5) is 60.4. The number of urea groups is 2. The first-order chi connectivity index (χ1) is 34.7. The Hall–Kier alpha value is -8.10. The van der Waals surface area contributed by atoms with Crippen LogP contribution in [0.3, 0.4) is 0 Å². The number of rotatable bonds is 15. The summed E-state index contributed by atoms with van der Waals surface area (Å²) in [5.41, 5.74) is 23.1. The Morgan fingerprint density at radius 1 is 0.569 bits per heavy atom. The smallest absolute Gasteiger partial charge is 0.384 e. The molecule has 2 fully saturated rings. The number of hydrogen-bond donors (Lipinski definition) is 4. The Balaban J connectivity index is 0.870. The number of nitrogen functional groups attached to an aromatic ring is 2. The second-order valence-electron chi connectivity index (χ2n) is 19.5. The van der Waals surface area contributed by atoms with Gasteiger partial charge in [-0.3, -0.25) is 19.2 Å². The summed E-state index contributed by atoms with van der Waals surface area (Å²) in [5, 5.41) is 18.1. The number of amides is 4. The Bertz CT molecular complexity index is 3070. The fourth-order valence-corrected chi connectivity index (χ4v) is 10.8. The van der Waals surface area contributed by atoms with E-state index in [0.717, 1.165) is 79.5 Å². The maximum atomic E-state index is 14.9. The van der Waals surface area contributed by atoms with E-state index >= 15 is 0 Å². The fraction of sp³-hybridized carbons (Fsp3) is 0.346. The molecule has 2 aromatic carbocycles. The Morgan fingerprint density at radius 3 is 1.35 bits per heavy atom. The molecule has 0 saturated carbocycles. The average molecular weight is 971 g/mol. The molecule has 2 unspecified atom stereocenters. The number of carbonyl (C=O) groups is 2. The van der Waals surface area contributed by atoms with Crippen LogP contribution in [0.1, 0.15) is 68.7 Å². The van der Waals surface area contributed by atoms with E-state index < -0.39 is 0 Å². The molecule has 20 nitrogen and oxygen atoms in total. The lowest BCUT2D eigenvalue weighted by atomic mass is 10.1. The molecule has 2 aliphatic heterocycles. The number of anilines is 4. The van der Waals surface area contributed by atoms with Gasteiger partial charge in [0.15, 0.2) is 24.4 Å². The van der Waals surface area contributed by atoms with Crippen LogP contribution >= 0.6 is 0 Å². The molecule has 10 rings (SSSR count). The summed E-state index contributed by atoms with van der Waals surface area (Å²) in [5.74, 6) is 2.38. The van der Waals surface area contributed by atoms with E-state index in [1.54, 1.807) is 0 Å². The predicted octanol–water partition coefficient (Wildman–Crippen LogP) is 6.63. The van der Waals surface area contributed by atoms with Crippen molar-refractivity contribution >= 4 is 57.4 Å². The number of pyridine rings is 2. The molecule has 4 amide bonds. The maximum absolute atomic E-state index is 14.9. The highest BCUT2D eigenvalue weighted by Crippen LogP contribution is 2.38. The van der Waals surface area contributed by atoms with Crippen LogP contribution < -0.4 is 22.1 Å². The lowest BCUT2D eigenvalue weighted by molar-refractivity contribution is -1.44. The van der Waals surface area contributed by atoms with Gasteiger partial charge in [-0.25, -0.2) is 39.5 Å². The number of aromatic nitrogens is 10. The third-order valence-electron chi connectivity index (χ3n) is 14.5. The molecule has 2 saturated heterocycles. The first-order valence-electron chi connectivity index (χ1n) is 24.4. The maximum Gasteiger partial charge on any atom is 0.467 e. The highest BCUT2D eigenvalue weighted by atomic mass is 16.2. The molecule has 8 aromatic rings. The fourth-order valence-electron chi connectivity index (χ4n) is 10.8. The Kier molecular flexibility index (Phi) is 12.7. The summed E-state index contributed by atoms with van der Waals surface area (Å²) < 4.78 is 3.68. The first-order valence-corrected chi connectivity index (χ1v) is 24.4. The van der Waals surface area contributed by atoms with E-state index in [-0.39, 0.29) is 21.2 Å². The third-order valence-corrected chi connectivity index (χ3v) is 14.5. The topological polar surface area (TPSA) is 230 Å². The molecule has 370 valence electrons. The Morgan fingerprint density at radius 2 is 0.958 bits per heavy atom. The Labute approximate surface area is 417 Å². The molecule has 6 N–H and O–H groups in total. The number of carbonyl (C=O) groups excluding carboxylic acids is 2. The van der Waals surface area contributed by atoms with Crippen LogP contribution in [0.4, 0.5) is 32.9 Å². The highest BCUT2D eigenvalue weighted by Gasteiger charge is 2.65. The number of quaternary nitrogens is 2. The van der Waals surface area contributed by atoms with E-state index in [2.05, 4.69) is 89.1 Å². The van der Waals surface area contributed by atoms with Gasteiger partial charge in [-0.15, -0.1) is 0 Å². The monoisotopic (exact) mass is 971 g/mol. The van der Waals surface area contributed by atoms with E-state index in [9.17, 15) is 9.59 Å². The van der Waals surface area contributed by atoms with Gasteiger partial charge in [0.2, 0.25) is 0 Å². The normalized spacial score (nSPS) is 18.4. The zero-order valence-corrected chi connectivity index (χ0v) is 41.8. The zero-order chi connectivity index (χ0) is 50.3. The quantitative estimate of drug-likeness (QED) is 0.0791.